The van der Waals surface area contributed by atoms with Gasteiger partial charge in [-0.15, -0.1) is 0 Å². The van der Waals surface area contributed by atoms with Crippen LogP contribution in [0.15, 0.2) is 97.1 Å². The summed E-state index contributed by atoms with van der Waals surface area (Å²) in [6, 6.07) is 31.7. The van der Waals surface area contributed by atoms with Crippen LogP contribution < -0.4 is 0 Å². The molecule has 0 aliphatic heterocycles. The number of aryl methyl sites for hydroxylation is 1. The Morgan fingerprint density at radius 2 is 1.51 bits per heavy atom. The quantitative estimate of drug-likeness (QED) is 0.355. The lowest BCUT2D eigenvalue weighted by Gasteiger charge is -2.49. The summed E-state index contributed by atoms with van der Waals surface area (Å²) in [6.45, 7) is 0. The van der Waals surface area contributed by atoms with Gasteiger partial charge in [-0.3, -0.25) is 4.79 Å². The third-order valence-corrected chi connectivity index (χ3v) is 7.88. The van der Waals surface area contributed by atoms with E-state index in [0.717, 1.165) is 38.5 Å². The number of ether oxygens (including phenoxy) is 1. The zero-order valence-electron chi connectivity index (χ0n) is 19.9. The van der Waals surface area contributed by atoms with Crippen LogP contribution in [0.1, 0.15) is 28.8 Å². The number of rotatable bonds is 3. The van der Waals surface area contributed by atoms with Gasteiger partial charge in [0.25, 0.3) is 0 Å². The van der Waals surface area contributed by atoms with Gasteiger partial charge in [0.1, 0.15) is 5.60 Å². The molecule has 2 unspecified atom stereocenters. The second-order valence-electron chi connectivity index (χ2n) is 9.39. The molecular weight excluding hydrogens is 434 g/mol. The van der Waals surface area contributed by atoms with Crippen LogP contribution in [-0.2, 0) is 34.0 Å². The number of para-hydroxylation sites is 1. The number of nitrogens with zero attached hydrogens (tertiary/aromatic N) is 1. The first-order valence-corrected chi connectivity index (χ1v) is 12.0. The first kappa shape index (κ1) is 21.6. The van der Waals surface area contributed by atoms with E-state index >= 15 is 0 Å². The number of aliphatic hydroxyl groups is 1. The highest BCUT2D eigenvalue weighted by molar-refractivity contribution is 6.03. The van der Waals surface area contributed by atoms with Gasteiger partial charge in [0.2, 0.25) is 0 Å². The van der Waals surface area contributed by atoms with Crippen molar-refractivity contribution in [2.75, 3.05) is 7.11 Å². The van der Waals surface area contributed by atoms with Gasteiger partial charge in [-0.1, -0.05) is 91.0 Å². The summed E-state index contributed by atoms with van der Waals surface area (Å²) in [5, 5.41) is 15.8. The zero-order chi connectivity index (χ0) is 24.2. The molecule has 0 radical (unpaired) electrons. The van der Waals surface area contributed by atoms with E-state index in [9.17, 15) is 9.90 Å². The molecule has 1 N–H and O–H groups in total. The summed E-state index contributed by atoms with van der Waals surface area (Å²) in [5.41, 5.74) is 1.37. The Kier molecular flexibility index (Phi) is 4.83. The predicted molar refractivity (Wildman–Crippen MR) is 138 cm³/mol. The molecule has 1 aromatic heterocycles. The molecule has 2 atom stereocenters. The van der Waals surface area contributed by atoms with Crippen molar-refractivity contribution < 1.29 is 14.6 Å². The molecule has 1 aliphatic rings. The van der Waals surface area contributed by atoms with E-state index in [1.165, 1.54) is 7.11 Å². The minimum Gasteiger partial charge on any atom is -0.468 e. The largest absolute Gasteiger partial charge is 0.468 e. The predicted octanol–water partition coefficient (Wildman–Crippen LogP) is 5.62. The van der Waals surface area contributed by atoms with Crippen molar-refractivity contribution in [2.24, 2.45) is 7.05 Å². The summed E-state index contributed by atoms with van der Waals surface area (Å²) < 4.78 is 7.78. The Morgan fingerprint density at radius 3 is 2.29 bits per heavy atom. The molecule has 4 nitrogen and oxygen atoms in total. The van der Waals surface area contributed by atoms with Crippen molar-refractivity contribution in [3.63, 3.8) is 0 Å². The summed E-state index contributed by atoms with van der Waals surface area (Å²) in [7, 11) is 3.46. The monoisotopic (exact) mass is 461 g/mol. The van der Waals surface area contributed by atoms with Crippen LogP contribution >= 0.6 is 0 Å². The number of hydrogen-bond acceptors (Lipinski definition) is 3. The van der Waals surface area contributed by atoms with E-state index in [1.807, 2.05) is 98.0 Å². The van der Waals surface area contributed by atoms with Crippen LogP contribution in [0.25, 0.3) is 21.7 Å². The fraction of sp³-hybridized carbons (Fsp3) is 0.194. The number of methoxy groups -OCH3 is 1. The molecule has 1 heterocycles. The van der Waals surface area contributed by atoms with Gasteiger partial charge in [-0.25, -0.2) is 0 Å². The maximum absolute atomic E-state index is 14.3. The van der Waals surface area contributed by atoms with E-state index in [2.05, 4.69) is 10.6 Å². The smallest absolute Gasteiger partial charge is 0.324 e. The van der Waals surface area contributed by atoms with Gasteiger partial charge in [0.15, 0.2) is 5.41 Å². The molecule has 4 aromatic carbocycles. The summed E-state index contributed by atoms with van der Waals surface area (Å²) in [4.78, 5) is 14.3. The minimum absolute atomic E-state index is 0.381. The SMILES string of the molecule is COC(=O)C1(c2cccc3ccccc23)c2c(n(C)c3ccccc23)CCC1(O)c1ccccc1. The Balaban J connectivity index is 1.87. The van der Waals surface area contributed by atoms with Crippen LogP contribution in [0.5, 0.6) is 0 Å². The molecular formula is C31H27NO3. The van der Waals surface area contributed by atoms with Gasteiger partial charge in [-0.05, 0) is 40.8 Å². The lowest BCUT2D eigenvalue weighted by molar-refractivity contribution is -0.159. The number of fused-ring (bicyclic) bond motifs is 4. The van der Waals surface area contributed by atoms with E-state index in [-0.39, 0.29) is 0 Å². The average molecular weight is 462 g/mol. The molecule has 174 valence electrons. The van der Waals surface area contributed by atoms with Gasteiger partial charge < -0.3 is 14.4 Å². The van der Waals surface area contributed by atoms with Crippen LogP contribution in [0.4, 0.5) is 0 Å². The van der Waals surface area contributed by atoms with Gasteiger partial charge in [0.05, 0.1) is 7.11 Å². The maximum atomic E-state index is 14.3. The topological polar surface area (TPSA) is 51.5 Å². The number of esters is 1. The first-order chi connectivity index (χ1) is 17.0. The number of carbonyl (C=O) groups is 1. The summed E-state index contributed by atoms with van der Waals surface area (Å²) in [5.74, 6) is -0.461. The lowest BCUT2D eigenvalue weighted by Crippen LogP contribution is -2.58. The van der Waals surface area contributed by atoms with Crippen LogP contribution in [0, 0.1) is 0 Å². The fourth-order valence-corrected chi connectivity index (χ4v) is 6.37. The van der Waals surface area contributed by atoms with Gasteiger partial charge >= 0.3 is 5.97 Å². The molecule has 0 spiro atoms. The maximum Gasteiger partial charge on any atom is 0.324 e. The van der Waals surface area contributed by atoms with Crippen molar-refractivity contribution in [3.8, 4) is 0 Å². The summed E-state index contributed by atoms with van der Waals surface area (Å²) >= 11 is 0. The van der Waals surface area contributed by atoms with Crippen molar-refractivity contribution in [2.45, 2.75) is 23.9 Å². The second kappa shape index (κ2) is 7.82. The van der Waals surface area contributed by atoms with Crippen molar-refractivity contribution >= 4 is 27.6 Å². The number of carbonyl (C=O) groups excluding carboxylic acids is 1. The average Bonchev–Trinajstić information content (AvgIpc) is 3.21. The molecule has 0 saturated heterocycles. The number of benzene rings is 4. The Hall–Kier alpha value is -3.89. The van der Waals surface area contributed by atoms with E-state index in [4.69, 9.17) is 4.74 Å². The molecule has 6 rings (SSSR count). The zero-order valence-corrected chi connectivity index (χ0v) is 19.9. The molecule has 0 fully saturated rings. The van der Waals surface area contributed by atoms with Gasteiger partial charge in [-0.2, -0.15) is 0 Å². The van der Waals surface area contributed by atoms with E-state index in [1.54, 1.807) is 0 Å². The van der Waals surface area contributed by atoms with Crippen LogP contribution in [0.3, 0.4) is 0 Å². The molecule has 1 aliphatic carbocycles. The number of hydrogen-bond donors (Lipinski definition) is 1. The highest BCUT2D eigenvalue weighted by Crippen LogP contribution is 2.58. The third kappa shape index (κ3) is 2.74. The van der Waals surface area contributed by atoms with Crippen molar-refractivity contribution in [3.05, 3.63) is 119 Å². The van der Waals surface area contributed by atoms with E-state index in [0.29, 0.717) is 18.4 Å². The van der Waals surface area contributed by atoms with Crippen LogP contribution in [0.2, 0.25) is 0 Å². The normalized spacial score (nSPS) is 21.7. The number of aromatic nitrogens is 1. The highest BCUT2D eigenvalue weighted by atomic mass is 16.5. The Bertz CT molecular complexity index is 1580. The summed E-state index contributed by atoms with van der Waals surface area (Å²) in [6.07, 6.45) is 1.02. The Labute approximate surface area is 204 Å². The van der Waals surface area contributed by atoms with E-state index < -0.39 is 17.0 Å². The molecule has 5 aromatic rings. The van der Waals surface area contributed by atoms with Gasteiger partial charge in [0, 0.05) is 29.2 Å². The van der Waals surface area contributed by atoms with Crippen LogP contribution in [-0.4, -0.2) is 22.8 Å². The second-order valence-corrected chi connectivity index (χ2v) is 9.39. The Morgan fingerprint density at radius 1 is 0.857 bits per heavy atom. The van der Waals surface area contributed by atoms with Crippen molar-refractivity contribution in [1.29, 1.82) is 0 Å². The minimum atomic E-state index is -1.53. The fourth-order valence-electron chi connectivity index (χ4n) is 6.37. The standard InChI is InChI=1S/C31H27NO3/c1-32-26-18-9-8-16-24(26)28-27(32)19-20-30(34,22-13-4-3-5-14-22)31(28,29(33)35-2)25-17-10-12-21-11-6-7-15-23(21)25/h3-18,34H,19-20H2,1-2H3. The molecule has 35 heavy (non-hydrogen) atoms. The first-order valence-electron chi connectivity index (χ1n) is 12.0. The molecule has 0 amide bonds. The lowest BCUT2D eigenvalue weighted by atomic mass is 9.55. The molecule has 0 bridgehead atoms. The van der Waals surface area contributed by atoms with Crippen molar-refractivity contribution in [1.82, 2.24) is 4.57 Å². The molecule has 4 heteroatoms. The molecule has 0 saturated carbocycles. The third-order valence-electron chi connectivity index (χ3n) is 7.88. The highest BCUT2D eigenvalue weighted by Gasteiger charge is 2.64.